The Balaban J connectivity index is 2.37. The number of anilines is 1. The van der Waals surface area contributed by atoms with Crippen molar-refractivity contribution >= 4 is 33.2 Å². The number of benzene rings is 2. The Morgan fingerprint density at radius 1 is 1.15 bits per heavy atom. The average Bonchev–Trinajstić information content (AvgIpc) is 2.57. The molecule has 0 fully saturated rings. The summed E-state index contributed by atoms with van der Waals surface area (Å²) >= 11 is 5.91. The summed E-state index contributed by atoms with van der Waals surface area (Å²) in [6.45, 7) is 5.96. The van der Waals surface area contributed by atoms with E-state index in [0.29, 0.717) is 24.3 Å². The second kappa shape index (κ2) is 8.16. The number of rotatable bonds is 6. The highest BCUT2D eigenvalue weighted by Gasteiger charge is 2.23. The molecule has 0 saturated carbocycles. The number of hydrogen-bond donors (Lipinski definition) is 1. The van der Waals surface area contributed by atoms with Crippen molar-refractivity contribution in [3.05, 3.63) is 58.4 Å². The van der Waals surface area contributed by atoms with Gasteiger partial charge in [-0.15, -0.1) is 0 Å². The normalized spacial score (nSPS) is 11.6. The first-order chi connectivity index (χ1) is 12.2. The van der Waals surface area contributed by atoms with Gasteiger partial charge >= 0.3 is 0 Å². The van der Waals surface area contributed by atoms with Gasteiger partial charge in [0, 0.05) is 18.8 Å². The molecule has 1 amide bonds. The van der Waals surface area contributed by atoms with E-state index in [4.69, 9.17) is 11.6 Å². The van der Waals surface area contributed by atoms with Gasteiger partial charge in [0.05, 0.1) is 15.5 Å². The van der Waals surface area contributed by atoms with Crippen molar-refractivity contribution in [3.8, 4) is 0 Å². The minimum absolute atomic E-state index is 0.0212. The summed E-state index contributed by atoms with van der Waals surface area (Å²) in [6.07, 6.45) is 0. The van der Waals surface area contributed by atoms with Crippen LogP contribution >= 0.6 is 11.6 Å². The average molecular weight is 399 g/mol. The SMILES string of the molecule is CCN(CC)S(=O)(=O)c1ccc(C)c(NC(=O)c2ccc(F)cc2Cl)c1. The first-order valence-corrected chi connectivity index (χ1v) is 9.89. The molecule has 0 spiro atoms. The van der Waals surface area contributed by atoms with Crippen molar-refractivity contribution < 1.29 is 17.6 Å². The van der Waals surface area contributed by atoms with Gasteiger partial charge in [-0.2, -0.15) is 4.31 Å². The molecule has 0 atom stereocenters. The van der Waals surface area contributed by atoms with Gasteiger partial charge in [-0.05, 0) is 42.8 Å². The monoisotopic (exact) mass is 398 g/mol. The smallest absolute Gasteiger partial charge is 0.257 e. The van der Waals surface area contributed by atoms with E-state index in [1.807, 2.05) is 0 Å². The molecule has 0 bridgehead atoms. The molecule has 0 unspecified atom stereocenters. The Hall–Kier alpha value is -1.96. The first-order valence-electron chi connectivity index (χ1n) is 8.07. The number of nitrogens with zero attached hydrogens (tertiary/aromatic N) is 1. The zero-order chi connectivity index (χ0) is 19.5. The van der Waals surface area contributed by atoms with Crippen LogP contribution in [0.4, 0.5) is 10.1 Å². The van der Waals surface area contributed by atoms with Crippen LogP contribution in [0.25, 0.3) is 0 Å². The van der Waals surface area contributed by atoms with Gasteiger partial charge in [0.15, 0.2) is 0 Å². The van der Waals surface area contributed by atoms with Crippen molar-refractivity contribution in [1.29, 1.82) is 0 Å². The van der Waals surface area contributed by atoms with Crippen LogP contribution in [-0.4, -0.2) is 31.7 Å². The van der Waals surface area contributed by atoms with E-state index < -0.39 is 21.7 Å². The summed E-state index contributed by atoms with van der Waals surface area (Å²) < 4.78 is 39.8. The van der Waals surface area contributed by atoms with Crippen LogP contribution in [0.2, 0.25) is 5.02 Å². The molecule has 0 saturated heterocycles. The lowest BCUT2D eigenvalue weighted by atomic mass is 10.1. The van der Waals surface area contributed by atoms with Gasteiger partial charge in [0.2, 0.25) is 10.0 Å². The lowest BCUT2D eigenvalue weighted by Crippen LogP contribution is -2.30. The zero-order valence-corrected chi connectivity index (χ0v) is 16.3. The highest BCUT2D eigenvalue weighted by Crippen LogP contribution is 2.25. The first kappa shape index (κ1) is 20.4. The number of hydrogen-bond acceptors (Lipinski definition) is 3. The molecule has 0 aliphatic heterocycles. The fourth-order valence-corrected chi connectivity index (χ4v) is 4.21. The molecular weight excluding hydrogens is 379 g/mol. The summed E-state index contributed by atoms with van der Waals surface area (Å²) in [6, 6.07) is 8.00. The highest BCUT2D eigenvalue weighted by molar-refractivity contribution is 7.89. The Morgan fingerprint density at radius 3 is 2.38 bits per heavy atom. The summed E-state index contributed by atoms with van der Waals surface area (Å²) in [4.78, 5) is 12.5. The van der Waals surface area contributed by atoms with Crippen LogP contribution in [0.1, 0.15) is 29.8 Å². The van der Waals surface area contributed by atoms with Crippen molar-refractivity contribution in [2.45, 2.75) is 25.7 Å². The van der Waals surface area contributed by atoms with Gasteiger partial charge < -0.3 is 5.32 Å². The zero-order valence-electron chi connectivity index (χ0n) is 14.7. The standard InChI is InChI=1S/C18H20ClFN2O3S/c1-4-22(5-2)26(24,25)14-8-6-12(3)17(11-14)21-18(23)15-9-7-13(20)10-16(15)19/h6-11H,4-5H2,1-3H3,(H,21,23). The topological polar surface area (TPSA) is 66.5 Å². The maximum Gasteiger partial charge on any atom is 0.257 e. The summed E-state index contributed by atoms with van der Waals surface area (Å²) in [5.41, 5.74) is 1.14. The van der Waals surface area contributed by atoms with Gasteiger partial charge in [-0.25, -0.2) is 12.8 Å². The molecule has 0 aromatic heterocycles. The van der Waals surface area contributed by atoms with Crippen molar-refractivity contribution in [2.24, 2.45) is 0 Å². The maximum absolute atomic E-state index is 13.1. The van der Waals surface area contributed by atoms with Crippen LogP contribution in [-0.2, 0) is 10.0 Å². The predicted octanol–water partition coefficient (Wildman–Crippen LogP) is 4.07. The fourth-order valence-electron chi connectivity index (χ4n) is 2.47. The van der Waals surface area contributed by atoms with E-state index in [0.717, 1.165) is 12.1 Å². The second-order valence-corrected chi connectivity index (χ2v) is 7.99. The van der Waals surface area contributed by atoms with E-state index in [1.54, 1.807) is 26.8 Å². The molecule has 0 aliphatic rings. The highest BCUT2D eigenvalue weighted by atomic mass is 35.5. The van der Waals surface area contributed by atoms with Crippen LogP contribution in [0.5, 0.6) is 0 Å². The van der Waals surface area contributed by atoms with Crippen molar-refractivity contribution in [2.75, 3.05) is 18.4 Å². The van der Waals surface area contributed by atoms with Crippen LogP contribution < -0.4 is 5.32 Å². The Labute approximate surface area is 157 Å². The third kappa shape index (κ3) is 4.23. The quantitative estimate of drug-likeness (QED) is 0.797. The van der Waals surface area contributed by atoms with Gasteiger partial charge in [-0.3, -0.25) is 4.79 Å². The second-order valence-electron chi connectivity index (χ2n) is 5.64. The van der Waals surface area contributed by atoms with E-state index in [-0.39, 0.29) is 15.5 Å². The third-order valence-electron chi connectivity index (χ3n) is 3.98. The van der Waals surface area contributed by atoms with Gasteiger partial charge in [0.25, 0.3) is 5.91 Å². The molecule has 0 radical (unpaired) electrons. The van der Waals surface area contributed by atoms with E-state index in [2.05, 4.69) is 5.32 Å². The maximum atomic E-state index is 13.1. The summed E-state index contributed by atoms with van der Waals surface area (Å²) in [5.74, 6) is -1.09. The lowest BCUT2D eigenvalue weighted by molar-refractivity contribution is 0.102. The molecule has 0 aliphatic carbocycles. The number of carbonyl (C=O) groups excluding carboxylic acids is 1. The Kier molecular flexibility index (Phi) is 6.39. The van der Waals surface area contributed by atoms with E-state index in [9.17, 15) is 17.6 Å². The molecule has 2 rings (SSSR count). The molecule has 140 valence electrons. The number of amides is 1. The largest absolute Gasteiger partial charge is 0.322 e. The summed E-state index contributed by atoms with van der Waals surface area (Å²) in [5, 5.41) is 2.62. The minimum Gasteiger partial charge on any atom is -0.322 e. The Bertz CT molecular complexity index is 928. The van der Waals surface area contributed by atoms with Gasteiger partial charge in [0.1, 0.15) is 5.82 Å². The van der Waals surface area contributed by atoms with Gasteiger partial charge in [-0.1, -0.05) is 31.5 Å². The number of sulfonamides is 1. The minimum atomic E-state index is -3.65. The van der Waals surface area contributed by atoms with Crippen molar-refractivity contribution in [3.63, 3.8) is 0 Å². The third-order valence-corrected chi connectivity index (χ3v) is 6.33. The molecule has 0 heterocycles. The molecule has 1 N–H and O–H groups in total. The number of nitrogens with one attached hydrogen (secondary N) is 1. The van der Waals surface area contributed by atoms with Crippen LogP contribution in [0.3, 0.4) is 0 Å². The molecule has 8 heteroatoms. The lowest BCUT2D eigenvalue weighted by Gasteiger charge is -2.19. The molecule has 26 heavy (non-hydrogen) atoms. The number of aryl methyl sites for hydroxylation is 1. The number of carbonyl (C=O) groups is 1. The molecule has 2 aromatic carbocycles. The van der Waals surface area contributed by atoms with E-state index in [1.165, 1.54) is 22.5 Å². The Morgan fingerprint density at radius 2 is 1.81 bits per heavy atom. The fraction of sp³-hybridized carbons (Fsp3) is 0.278. The van der Waals surface area contributed by atoms with Crippen LogP contribution in [0, 0.1) is 12.7 Å². The molecule has 5 nitrogen and oxygen atoms in total. The molecular formula is C18H20ClFN2O3S. The predicted molar refractivity (Wildman–Crippen MR) is 101 cm³/mol. The summed E-state index contributed by atoms with van der Waals surface area (Å²) in [7, 11) is -3.65. The molecule has 2 aromatic rings. The van der Waals surface area contributed by atoms with E-state index >= 15 is 0 Å². The number of halogens is 2. The van der Waals surface area contributed by atoms with Crippen LogP contribution in [0.15, 0.2) is 41.3 Å². The van der Waals surface area contributed by atoms with Crippen molar-refractivity contribution in [1.82, 2.24) is 4.31 Å².